The number of carbonyl (C=O) groups is 1. The number of thiazole rings is 1. The van der Waals surface area contributed by atoms with Gasteiger partial charge in [0.2, 0.25) is 5.89 Å². The summed E-state index contributed by atoms with van der Waals surface area (Å²) in [6, 6.07) is 8.77. The molecule has 0 fully saturated rings. The number of aliphatic carboxylic acids is 1. The summed E-state index contributed by atoms with van der Waals surface area (Å²) in [6.07, 6.45) is 3.34. The number of hydrogen-bond donors (Lipinski definition) is 2. The van der Waals surface area contributed by atoms with Gasteiger partial charge in [0.1, 0.15) is 11.3 Å². The second kappa shape index (κ2) is 6.04. The highest BCUT2D eigenvalue weighted by Crippen LogP contribution is 2.30. The quantitative estimate of drug-likeness (QED) is 0.734. The molecule has 1 aliphatic rings. The van der Waals surface area contributed by atoms with E-state index in [2.05, 4.69) is 44.8 Å². The van der Waals surface area contributed by atoms with Gasteiger partial charge in [-0.1, -0.05) is 35.6 Å². The van der Waals surface area contributed by atoms with E-state index in [-0.39, 0.29) is 12.3 Å². The van der Waals surface area contributed by atoms with E-state index in [1.54, 1.807) is 6.20 Å². The topological polar surface area (TPSA) is 101 Å². The van der Waals surface area contributed by atoms with Gasteiger partial charge in [0, 0.05) is 6.04 Å². The highest BCUT2D eigenvalue weighted by atomic mass is 32.1. The molecule has 2 aromatic heterocycles. The summed E-state index contributed by atoms with van der Waals surface area (Å²) in [7, 11) is 0. The maximum Gasteiger partial charge on any atom is 0.312 e. The van der Waals surface area contributed by atoms with Crippen LogP contribution in [0.15, 0.2) is 34.9 Å². The number of anilines is 1. The van der Waals surface area contributed by atoms with Crippen LogP contribution < -0.4 is 5.32 Å². The molecule has 7 nitrogen and oxygen atoms in total. The molecule has 2 heterocycles. The molecule has 0 radical (unpaired) electrons. The summed E-state index contributed by atoms with van der Waals surface area (Å²) in [6.45, 7) is 0. The summed E-state index contributed by atoms with van der Waals surface area (Å²) >= 11 is 1.42. The van der Waals surface area contributed by atoms with Crippen LogP contribution in [0.5, 0.6) is 0 Å². The SMILES string of the molecule is O=C(O)Cc1nnc(-c2cnc(NC3Cc4ccccc4C3)s2)o1. The van der Waals surface area contributed by atoms with E-state index in [1.165, 1.54) is 22.5 Å². The van der Waals surface area contributed by atoms with Crippen LogP contribution in [0, 0.1) is 0 Å². The lowest BCUT2D eigenvalue weighted by molar-refractivity contribution is -0.136. The molecule has 2 N–H and O–H groups in total. The second-order valence-electron chi connectivity index (χ2n) is 5.62. The highest BCUT2D eigenvalue weighted by Gasteiger charge is 2.22. The summed E-state index contributed by atoms with van der Waals surface area (Å²) in [5, 5.41) is 20.6. The Labute approximate surface area is 141 Å². The monoisotopic (exact) mass is 342 g/mol. The van der Waals surface area contributed by atoms with Crippen molar-refractivity contribution in [3.05, 3.63) is 47.5 Å². The number of fused-ring (bicyclic) bond motifs is 1. The minimum Gasteiger partial charge on any atom is -0.481 e. The van der Waals surface area contributed by atoms with Gasteiger partial charge in [-0.2, -0.15) is 0 Å². The van der Waals surface area contributed by atoms with Gasteiger partial charge >= 0.3 is 5.97 Å². The molecule has 0 aliphatic heterocycles. The fourth-order valence-corrected chi connectivity index (χ4v) is 3.64. The number of nitrogens with one attached hydrogen (secondary N) is 1. The molecule has 8 heteroatoms. The zero-order valence-electron chi connectivity index (χ0n) is 12.6. The van der Waals surface area contributed by atoms with Gasteiger partial charge < -0.3 is 14.8 Å². The van der Waals surface area contributed by atoms with Crippen LogP contribution in [0.3, 0.4) is 0 Å². The summed E-state index contributed by atoms with van der Waals surface area (Å²) in [5.74, 6) is -0.615. The van der Waals surface area contributed by atoms with Crippen LogP contribution >= 0.6 is 11.3 Å². The summed E-state index contributed by atoms with van der Waals surface area (Å²) in [5.41, 5.74) is 2.75. The first-order chi connectivity index (χ1) is 11.7. The largest absolute Gasteiger partial charge is 0.481 e. The predicted octanol–water partition coefficient (Wildman–Crippen LogP) is 2.40. The lowest BCUT2D eigenvalue weighted by Crippen LogP contribution is -2.19. The van der Waals surface area contributed by atoms with Crippen LogP contribution in [-0.4, -0.2) is 32.3 Å². The molecule has 0 saturated carbocycles. The van der Waals surface area contributed by atoms with E-state index in [0.717, 1.165) is 22.9 Å². The van der Waals surface area contributed by atoms with Crippen molar-refractivity contribution >= 4 is 22.4 Å². The Morgan fingerprint density at radius 3 is 2.75 bits per heavy atom. The average Bonchev–Trinajstić information content (AvgIpc) is 3.25. The maximum atomic E-state index is 10.7. The summed E-state index contributed by atoms with van der Waals surface area (Å²) < 4.78 is 5.35. The molecule has 0 amide bonds. The first-order valence-electron chi connectivity index (χ1n) is 7.51. The minimum atomic E-state index is -1.00. The smallest absolute Gasteiger partial charge is 0.312 e. The zero-order chi connectivity index (χ0) is 16.5. The van der Waals surface area contributed by atoms with Crippen molar-refractivity contribution in [1.82, 2.24) is 15.2 Å². The van der Waals surface area contributed by atoms with Gasteiger partial charge in [-0.05, 0) is 24.0 Å². The van der Waals surface area contributed by atoms with Crippen molar-refractivity contribution < 1.29 is 14.3 Å². The van der Waals surface area contributed by atoms with Gasteiger partial charge in [-0.3, -0.25) is 4.79 Å². The Hall–Kier alpha value is -2.74. The fraction of sp³-hybridized carbons (Fsp3) is 0.250. The molecule has 24 heavy (non-hydrogen) atoms. The van der Waals surface area contributed by atoms with Gasteiger partial charge in [0.15, 0.2) is 5.13 Å². The molecule has 0 bridgehead atoms. The zero-order valence-corrected chi connectivity index (χ0v) is 13.4. The average molecular weight is 342 g/mol. The van der Waals surface area contributed by atoms with E-state index in [0.29, 0.717) is 11.9 Å². The lowest BCUT2D eigenvalue weighted by Gasteiger charge is -2.09. The standard InChI is InChI=1S/C16H14N4O3S/c21-14(22)7-13-19-20-15(23-13)12-8-17-16(24-12)18-11-5-9-3-1-2-4-10(9)6-11/h1-4,8,11H,5-7H2,(H,17,18)(H,21,22). The Morgan fingerprint density at radius 2 is 2.04 bits per heavy atom. The molecule has 3 aromatic rings. The maximum absolute atomic E-state index is 10.7. The Bertz CT molecular complexity index is 864. The van der Waals surface area contributed by atoms with E-state index in [4.69, 9.17) is 9.52 Å². The molecular formula is C16H14N4O3S. The normalized spacial score (nSPS) is 13.8. The molecule has 0 saturated heterocycles. The number of aromatic nitrogens is 3. The van der Waals surface area contributed by atoms with Crippen LogP contribution in [0.2, 0.25) is 0 Å². The number of carboxylic acids is 1. The fourth-order valence-electron chi connectivity index (χ4n) is 2.83. The molecule has 0 atom stereocenters. The van der Waals surface area contributed by atoms with Crippen molar-refractivity contribution in [2.75, 3.05) is 5.32 Å². The van der Waals surface area contributed by atoms with Gasteiger partial charge in [-0.15, -0.1) is 10.2 Å². The first kappa shape index (κ1) is 14.8. The third-order valence-corrected chi connectivity index (χ3v) is 4.78. The second-order valence-corrected chi connectivity index (χ2v) is 6.65. The predicted molar refractivity (Wildman–Crippen MR) is 88.0 cm³/mol. The molecular weight excluding hydrogens is 328 g/mol. The molecule has 122 valence electrons. The molecule has 0 unspecified atom stereocenters. The van der Waals surface area contributed by atoms with Crippen LogP contribution in [-0.2, 0) is 24.1 Å². The Morgan fingerprint density at radius 1 is 1.29 bits per heavy atom. The molecule has 1 aliphatic carbocycles. The van der Waals surface area contributed by atoms with E-state index >= 15 is 0 Å². The molecule has 0 spiro atoms. The number of carboxylic acid groups (broad SMARTS) is 1. The van der Waals surface area contributed by atoms with Gasteiger partial charge in [0.05, 0.1) is 6.20 Å². The first-order valence-corrected chi connectivity index (χ1v) is 8.33. The Balaban J connectivity index is 1.44. The van der Waals surface area contributed by atoms with Crippen LogP contribution in [0.25, 0.3) is 10.8 Å². The minimum absolute atomic E-state index is 0.0895. The number of nitrogens with zero attached hydrogens (tertiary/aromatic N) is 3. The lowest BCUT2D eigenvalue weighted by atomic mass is 10.1. The summed E-state index contributed by atoms with van der Waals surface area (Å²) in [4.78, 5) is 15.7. The highest BCUT2D eigenvalue weighted by molar-refractivity contribution is 7.18. The van der Waals surface area contributed by atoms with Gasteiger partial charge in [-0.25, -0.2) is 4.98 Å². The van der Waals surface area contributed by atoms with Crippen LogP contribution in [0.4, 0.5) is 5.13 Å². The van der Waals surface area contributed by atoms with Crippen molar-refractivity contribution in [1.29, 1.82) is 0 Å². The van der Waals surface area contributed by atoms with Crippen molar-refractivity contribution in [2.24, 2.45) is 0 Å². The Kier molecular flexibility index (Phi) is 3.73. The van der Waals surface area contributed by atoms with E-state index in [1.807, 2.05) is 0 Å². The molecule has 1 aromatic carbocycles. The van der Waals surface area contributed by atoms with Crippen molar-refractivity contribution in [2.45, 2.75) is 25.3 Å². The van der Waals surface area contributed by atoms with Crippen LogP contribution in [0.1, 0.15) is 17.0 Å². The third-order valence-electron chi connectivity index (χ3n) is 3.86. The van der Waals surface area contributed by atoms with E-state index < -0.39 is 5.97 Å². The van der Waals surface area contributed by atoms with E-state index in [9.17, 15) is 4.79 Å². The molecule has 4 rings (SSSR count). The third kappa shape index (κ3) is 3.00. The number of rotatable bonds is 5. The number of benzene rings is 1. The number of hydrogen-bond acceptors (Lipinski definition) is 7. The van der Waals surface area contributed by atoms with Crippen molar-refractivity contribution in [3.63, 3.8) is 0 Å². The van der Waals surface area contributed by atoms with Crippen molar-refractivity contribution in [3.8, 4) is 10.8 Å². The van der Waals surface area contributed by atoms with Gasteiger partial charge in [0.25, 0.3) is 5.89 Å².